The summed E-state index contributed by atoms with van der Waals surface area (Å²) >= 11 is 5.17. The van der Waals surface area contributed by atoms with Crippen molar-refractivity contribution >= 4 is 28.6 Å². The fourth-order valence-corrected chi connectivity index (χ4v) is 2.83. The number of benzene rings is 2. The molecule has 0 spiro atoms. The first kappa shape index (κ1) is 12.9. The maximum atomic E-state index is 5.86. The van der Waals surface area contributed by atoms with Gasteiger partial charge in [-0.25, -0.2) is 0 Å². The van der Waals surface area contributed by atoms with E-state index in [1.165, 1.54) is 11.3 Å². The maximum Gasteiger partial charge on any atom is 0.120 e. The molecule has 1 aliphatic heterocycles. The first-order valence-corrected chi connectivity index (χ1v) is 6.95. The second kappa shape index (κ2) is 5.13. The molecule has 0 atom stereocenters. The summed E-state index contributed by atoms with van der Waals surface area (Å²) in [6.45, 7) is 0.933. The SMILES string of the molecule is COc1ccc(C(N)=S)c(N2CCc3ccccc32)c1. The van der Waals surface area contributed by atoms with Crippen molar-refractivity contribution in [3.63, 3.8) is 0 Å². The number of methoxy groups -OCH3 is 1. The second-order valence-corrected chi connectivity index (χ2v) is 5.22. The van der Waals surface area contributed by atoms with Gasteiger partial charge in [0.05, 0.1) is 12.8 Å². The Labute approximate surface area is 124 Å². The number of anilines is 2. The van der Waals surface area contributed by atoms with E-state index in [2.05, 4.69) is 29.2 Å². The van der Waals surface area contributed by atoms with Gasteiger partial charge >= 0.3 is 0 Å². The Morgan fingerprint density at radius 1 is 1.20 bits per heavy atom. The van der Waals surface area contributed by atoms with Gasteiger partial charge in [0, 0.05) is 23.9 Å². The predicted molar refractivity (Wildman–Crippen MR) is 86.0 cm³/mol. The average molecular weight is 284 g/mol. The van der Waals surface area contributed by atoms with Gasteiger partial charge in [-0.3, -0.25) is 0 Å². The van der Waals surface area contributed by atoms with Crippen LogP contribution in [0.3, 0.4) is 0 Å². The van der Waals surface area contributed by atoms with Gasteiger partial charge in [0.15, 0.2) is 0 Å². The molecule has 0 saturated heterocycles. The van der Waals surface area contributed by atoms with E-state index in [4.69, 9.17) is 22.7 Å². The van der Waals surface area contributed by atoms with Crippen molar-refractivity contribution in [1.82, 2.24) is 0 Å². The number of rotatable bonds is 3. The number of nitrogens with zero attached hydrogens (tertiary/aromatic N) is 1. The topological polar surface area (TPSA) is 38.5 Å². The molecule has 2 aromatic carbocycles. The Kier molecular flexibility index (Phi) is 3.32. The van der Waals surface area contributed by atoms with Gasteiger partial charge in [-0.05, 0) is 30.2 Å². The van der Waals surface area contributed by atoms with E-state index >= 15 is 0 Å². The molecular weight excluding hydrogens is 268 g/mol. The number of thiocarbonyl (C=S) groups is 1. The molecule has 0 saturated carbocycles. The Morgan fingerprint density at radius 2 is 2.00 bits per heavy atom. The molecule has 4 heteroatoms. The van der Waals surface area contributed by atoms with Crippen molar-refractivity contribution in [2.75, 3.05) is 18.6 Å². The van der Waals surface area contributed by atoms with Crippen LogP contribution in [0.4, 0.5) is 11.4 Å². The third-order valence-electron chi connectivity index (χ3n) is 3.65. The lowest BCUT2D eigenvalue weighted by molar-refractivity contribution is 0.415. The van der Waals surface area contributed by atoms with E-state index in [1.54, 1.807) is 7.11 Å². The molecular formula is C16H16N2OS. The van der Waals surface area contributed by atoms with E-state index in [-0.39, 0.29) is 0 Å². The molecule has 2 N–H and O–H groups in total. The number of para-hydroxylation sites is 1. The number of fused-ring (bicyclic) bond motifs is 1. The summed E-state index contributed by atoms with van der Waals surface area (Å²) in [7, 11) is 1.66. The quantitative estimate of drug-likeness (QED) is 0.879. The Balaban J connectivity index is 2.12. The average Bonchev–Trinajstić information content (AvgIpc) is 2.90. The van der Waals surface area contributed by atoms with Crippen LogP contribution < -0.4 is 15.4 Å². The molecule has 3 rings (SSSR count). The highest BCUT2D eigenvalue weighted by Gasteiger charge is 2.23. The fraction of sp³-hybridized carbons (Fsp3) is 0.188. The van der Waals surface area contributed by atoms with Gasteiger partial charge in [-0.15, -0.1) is 0 Å². The first-order chi connectivity index (χ1) is 9.70. The number of ether oxygens (including phenoxy) is 1. The molecule has 0 radical (unpaired) electrons. The summed E-state index contributed by atoms with van der Waals surface area (Å²) in [5, 5.41) is 0. The normalized spacial score (nSPS) is 13.2. The molecule has 3 nitrogen and oxygen atoms in total. The number of nitrogens with two attached hydrogens (primary N) is 1. The number of hydrogen-bond donors (Lipinski definition) is 1. The van der Waals surface area contributed by atoms with Crippen LogP contribution in [0, 0.1) is 0 Å². The van der Waals surface area contributed by atoms with Crippen LogP contribution in [0.1, 0.15) is 11.1 Å². The lowest BCUT2D eigenvalue weighted by Gasteiger charge is -2.23. The Hall–Kier alpha value is -2.07. The third kappa shape index (κ3) is 2.12. The first-order valence-electron chi connectivity index (χ1n) is 6.54. The van der Waals surface area contributed by atoms with Gasteiger partial charge in [0.2, 0.25) is 0 Å². The van der Waals surface area contributed by atoms with Crippen molar-refractivity contribution in [3.8, 4) is 5.75 Å². The third-order valence-corrected chi connectivity index (χ3v) is 3.87. The zero-order valence-electron chi connectivity index (χ0n) is 11.3. The van der Waals surface area contributed by atoms with Crippen molar-refractivity contribution in [2.24, 2.45) is 5.73 Å². The van der Waals surface area contributed by atoms with Gasteiger partial charge in [-0.1, -0.05) is 30.4 Å². The van der Waals surface area contributed by atoms with Crippen LogP contribution in [0.2, 0.25) is 0 Å². The summed E-state index contributed by atoms with van der Waals surface area (Å²) in [4.78, 5) is 2.67. The van der Waals surface area contributed by atoms with E-state index in [1.807, 2.05) is 18.2 Å². The second-order valence-electron chi connectivity index (χ2n) is 4.78. The van der Waals surface area contributed by atoms with E-state index in [9.17, 15) is 0 Å². The largest absolute Gasteiger partial charge is 0.497 e. The summed E-state index contributed by atoms with van der Waals surface area (Å²) in [5.41, 5.74) is 10.3. The van der Waals surface area contributed by atoms with Crippen molar-refractivity contribution in [1.29, 1.82) is 0 Å². The van der Waals surface area contributed by atoms with Crippen LogP contribution in [-0.4, -0.2) is 18.6 Å². The van der Waals surface area contributed by atoms with Crippen LogP contribution in [0.25, 0.3) is 0 Å². The minimum Gasteiger partial charge on any atom is -0.497 e. The van der Waals surface area contributed by atoms with Crippen LogP contribution in [-0.2, 0) is 6.42 Å². The molecule has 0 unspecified atom stereocenters. The lowest BCUT2D eigenvalue weighted by atomic mass is 10.1. The lowest BCUT2D eigenvalue weighted by Crippen LogP contribution is -2.19. The maximum absolute atomic E-state index is 5.86. The number of hydrogen-bond acceptors (Lipinski definition) is 3. The highest BCUT2D eigenvalue weighted by molar-refractivity contribution is 7.80. The Bertz CT molecular complexity index is 669. The van der Waals surface area contributed by atoms with Gasteiger partial charge < -0.3 is 15.4 Å². The van der Waals surface area contributed by atoms with E-state index in [0.717, 1.165) is 30.0 Å². The molecule has 20 heavy (non-hydrogen) atoms. The zero-order valence-corrected chi connectivity index (χ0v) is 12.1. The molecule has 1 aliphatic rings. The van der Waals surface area contributed by atoms with Crippen molar-refractivity contribution in [3.05, 3.63) is 53.6 Å². The van der Waals surface area contributed by atoms with Crippen molar-refractivity contribution < 1.29 is 4.74 Å². The minimum absolute atomic E-state index is 0.409. The smallest absolute Gasteiger partial charge is 0.120 e. The molecule has 0 amide bonds. The van der Waals surface area contributed by atoms with Crippen molar-refractivity contribution in [2.45, 2.75) is 6.42 Å². The molecule has 102 valence electrons. The Morgan fingerprint density at radius 3 is 2.75 bits per heavy atom. The standard InChI is InChI=1S/C16H16N2OS/c1-19-12-6-7-13(16(17)20)15(10-12)18-9-8-11-4-2-3-5-14(11)18/h2-7,10H,8-9H2,1H3,(H2,17,20). The molecule has 0 bridgehead atoms. The van der Waals surface area contributed by atoms with E-state index in [0.29, 0.717) is 4.99 Å². The van der Waals surface area contributed by atoms with Crippen LogP contribution in [0.5, 0.6) is 5.75 Å². The fourth-order valence-electron chi connectivity index (χ4n) is 2.66. The summed E-state index contributed by atoms with van der Waals surface area (Å²) in [5.74, 6) is 0.810. The monoisotopic (exact) mass is 284 g/mol. The predicted octanol–water partition coefficient (Wildman–Crippen LogP) is 3.02. The van der Waals surface area contributed by atoms with Gasteiger partial charge in [0.25, 0.3) is 0 Å². The molecule has 0 fully saturated rings. The highest BCUT2D eigenvalue weighted by atomic mass is 32.1. The summed E-state index contributed by atoms with van der Waals surface area (Å²) in [6.07, 6.45) is 1.03. The van der Waals surface area contributed by atoms with Crippen LogP contribution in [0.15, 0.2) is 42.5 Å². The summed E-state index contributed by atoms with van der Waals surface area (Å²) in [6, 6.07) is 14.2. The van der Waals surface area contributed by atoms with Crippen LogP contribution >= 0.6 is 12.2 Å². The highest BCUT2D eigenvalue weighted by Crippen LogP contribution is 2.37. The van der Waals surface area contributed by atoms with Gasteiger partial charge in [-0.2, -0.15) is 0 Å². The molecule has 0 aromatic heterocycles. The minimum atomic E-state index is 0.409. The molecule has 0 aliphatic carbocycles. The van der Waals surface area contributed by atoms with E-state index < -0.39 is 0 Å². The molecule has 1 heterocycles. The zero-order chi connectivity index (χ0) is 14.1. The molecule has 2 aromatic rings. The van der Waals surface area contributed by atoms with Gasteiger partial charge in [0.1, 0.15) is 10.7 Å². The summed E-state index contributed by atoms with van der Waals surface area (Å²) < 4.78 is 5.33.